The Morgan fingerprint density at radius 1 is 1.33 bits per heavy atom. The number of amides is 1. The molecule has 1 amide bonds. The molecule has 1 aromatic carbocycles. The first kappa shape index (κ1) is 28.0. The van der Waals surface area contributed by atoms with Crippen molar-refractivity contribution in [1.82, 2.24) is 15.5 Å². The zero-order chi connectivity index (χ0) is 24.4. The molecule has 0 aliphatic carbocycles. The molecule has 5 N–H and O–H groups in total. The van der Waals surface area contributed by atoms with E-state index in [1.807, 2.05) is 18.4 Å². The average Bonchev–Trinajstić information content (AvgIpc) is 2.82. The van der Waals surface area contributed by atoms with Crippen LogP contribution in [0.4, 0.5) is 0 Å². The molecule has 1 aromatic rings. The van der Waals surface area contributed by atoms with Crippen LogP contribution in [0.15, 0.2) is 24.3 Å². The molecule has 0 radical (unpaired) electrons. The van der Waals surface area contributed by atoms with Crippen molar-refractivity contribution in [2.75, 3.05) is 30.9 Å². The molecule has 0 bridgehead atoms. The van der Waals surface area contributed by atoms with Crippen molar-refractivity contribution < 1.29 is 14.7 Å². The fraction of sp³-hybridized carbons (Fsp3) is 0.667. The van der Waals surface area contributed by atoms with Crippen LogP contribution in [-0.2, 0) is 22.6 Å². The Balaban J connectivity index is 2.23. The van der Waals surface area contributed by atoms with Crippen molar-refractivity contribution in [1.29, 1.82) is 0 Å². The van der Waals surface area contributed by atoms with Crippen LogP contribution in [-0.4, -0.2) is 76.9 Å². The highest BCUT2D eigenvalue weighted by atomic mass is 32.2. The predicted octanol–water partition coefficient (Wildman–Crippen LogP) is 2.00. The molecule has 1 heterocycles. The maximum Gasteiger partial charge on any atom is 0.326 e. The molecule has 0 aromatic heterocycles. The van der Waals surface area contributed by atoms with Crippen molar-refractivity contribution in [3.8, 4) is 0 Å². The lowest BCUT2D eigenvalue weighted by molar-refractivity contribution is -0.143. The monoisotopic (exact) mass is 496 g/mol. The fourth-order valence-corrected chi connectivity index (χ4v) is 4.74. The standard InChI is InChI=1S/C24H40N4O3S2/c1-4-16(2)21(26-12-19(25)15-32)14-28-13-18-8-6-5-7-17(18)11-22(28)23(29)27-20(24(30)31)9-10-33-3/h5-8,16,19-22,26,32H,4,9-15,25H2,1-3H3,(H,27,29)(H,30,31)/t16-,19+,20-,21+,22?/m0/s1. The lowest BCUT2D eigenvalue weighted by Crippen LogP contribution is -2.57. The summed E-state index contributed by atoms with van der Waals surface area (Å²) in [4.78, 5) is 27.3. The normalized spacial score (nSPS) is 19.8. The minimum Gasteiger partial charge on any atom is -0.480 e. The predicted molar refractivity (Wildman–Crippen MR) is 140 cm³/mol. The number of thiol groups is 1. The topological polar surface area (TPSA) is 108 Å². The fourth-order valence-electron chi connectivity index (χ4n) is 4.14. The molecule has 0 saturated carbocycles. The Morgan fingerprint density at radius 3 is 2.64 bits per heavy atom. The summed E-state index contributed by atoms with van der Waals surface area (Å²) in [6.45, 7) is 6.37. The van der Waals surface area contributed by atoms with E-state index in [-0.39, 0.29) is 18.0 Å². The van der Waals surface area contributed by atoms with E-state index in [0.29, 0.717) is 49.9 Å². The number of nitrogens with two attached hydrogens (primary N) is 1. The Morgan fingerprint density at radius 2 is 2.03 bits per heavy atom. The summed E-state index contributed by atoms with van der Waals surface area (Å²) >= 11 is 5.87. The Kier molecular flexibility index (Phi) is 12.0. The van der Waals surface area contributed by atoms with Crippen LogP contribution < -0.4 is 16.4 Å². The molecule has 9 heteroatoms. The van der Waals surface area contributed by atoms with E-state index in [0.717, 1.165) is 12.0 Å². The van der Waals surface area contributed by atoms with E-state index in [2.05, 4.69) is 54.1 Å². The third-order valence-electron chi connectivity index (χ3n) is 6.51. The highest BCUT2D eigenvalue weighted by Gasteiger charge is 2.35. The van der Waals surface area contributed by atoms with E-state index in [1.54, 1.807) is 11.8 Å². The molecule has 1 aliphatic heterocycles. The van der Waals surface area contributed by atoms with Crippen molar-refractivity contribution >= 4 is 36.3 Å². The van der Waals surface area contributed by atoms with Crippen molar-refractivity contribution in [2.24, 2.45) is 11.7 Å². The Labute approximate surface area is 208 Å². The molecular formula is C24H40N4O3S2. The van der Waals surface area contributed by atoms with Gasteiger partial charge in [-0.15, -0.1) is 0 Å². The molecule has 1 aliphatic rings. The summed E-state index contributed by atoms with van der Waals surface area (Å²) in [6, 6.07) is 7.02. The zero-order valence-electron chi connectivity index (χ0n) is 20.0. The number of hydrogen-bond acceptors (Lipinski definition) is 7. The summed E-state index contributed by atoms with van der Waals surface area (Å²) in [6.07, 6.45) is 3.91. The van der Waals surface area contributed by atoms with E-state index >= 15 is 0 Å². The van der Waals surface area contributed by atoms with Gasteiger partial charge >= 0.3 is 5.97 Å². The number of carboxylic acid groups (broad SMARTS) is 1. The maximum absolute atomic E-state index is 13.4. The van der Waals surface area contributed by atoms with Gasteiger partial charge in [0.15, 0.2) is 0 Å². The minimum atomic E-state index is -0.986. The highest BCUT2D eigenvalue weighted by Crippen LogP contribution is 2.25. The molecule has 2 rings (SSSR count). The number of hydrogen-bond donors (Lipinski definition) is 5. The molecule has 186 valence electrons. The van der Waals surface area contributed by atoms with E-state index in [9.17, 15) is 14.7 Å². The number of carbonyl (C=O) groups excluding carboxylic acids is 1. The first-order valence-corrected chi connectivity index (χ1v) is 13.8. The van der Waals surface area contributed by atoms with Gasteiger partial charge in [-0.3, -0.25) is 9.69 Å². The molecule has 0 spiro atoms. The number of carbonyl (C=O) groups is 2. The van der Waals surface area contributed by atoms with Crippen LogP contribution >= 0.6 is 24.4 Å². The Hall–Kier alpha value is -1.26. The van der Waals surface area contributed by atoms with Crippen LogP contribution in [0.1, 0.15) is 37.8 Å². The second-order valence-corrected chi connectivity index (χ2v) is 10.3. The molecule has 33 heavy (non-hydrogen) atoms. The third-order valence-corrected chi connectivity index (χ3v) is 7.63. The van der Waals surface area contributed by atoms with Crippen molar-refractivity contribution in [3.63, 3.8) is 0 Å². The van der Waals surface area contributed by atoms with Crippen LogP contribution in [0.25, 0.3) is 0 Å². The highest BCUT2D eigenvalue weighted by molar-refractivity contribution is 7.98. The number of fused-ring (bicyclic) bond motifs is 1. The number of carboxylic acids is 1. The third kappa shape index (κ3) is 8.47. The van der Waals surface area contributed by atoms with E-state index in [1.165, 1.54) is 5.56 Å². The summed E-state index contributed by atoms with van der Waals surface area (Å²) in [7, 11) is 0. The van der Waals surface area contributed by atoms with Gasteiger partial charge in [-0.2, -0.15) is 24.4 Å². The molecule has 0 saturated heterocycles. The van der Waals surface area contributed by atoms with Crippen LogP contribution in [0.2, 0.25) is 0 Å². The summed E-state index contributed by atoms with van der Waals surface area (Å²) in [5, 5.41) is 16.0. The van der Waals surface area contributed by atoms with Gasteiger partial charge in [0, 0.05) is 37.5 Å². The van der Waals surface area contributed by atoms with E-state index < -0.39 is 18.1 Å². The van der Waals surface area contributed by atoms with Crippen molar-refractivity contribution in [3.05, 3.63) is 35.4 Å². The smallest absolute Gasteiger partial charge is 0.326 e. The largest absolute Gasteiger partial charge is 0.480 e. The number of aliphatic carboxylic acids is 1. The van der Waals surface area contributed by atoms with Gasteiger partial charge in [0.25, 0.3) is 0 Å². The molecule has 0 fully saturated rings. The maximum atomic E-state index is 13.4. The molecule has 5 atom stereocenters. The van der Waals surface area contributed by atoms with Gasteiger partial charge in [0.1, 0.15) is 6.04 Å². The number of rotatable bonds is 14. The van der Waals surface area contributed by atoms with Crippen LogP contribution in [0.3, 0.4) is 0 Å². The van der Waals surface area contributed by atoms with Crippen LogP contribution in [0.5, 0.6) is 0 Å². The lowest BCUT2D eigenvalue weighted by Gasteiger charge is -2.40. The molecule has 1 unspecified atom stereocenters. The van der Waals surface area contributed by atoms with Gasteiger partial charge in [0.05, 0.1) is 6.04 Å². The van der Waals surface area contributed by atoms with Gasteiger partial charge < -0.3 is 21.5 Å². The molecular weight excluding hydrogens is 456 g/mol. The zero-order valence-corrected chi connectivity index (χ0v) is 21.7. The van der Waals surface area contributed by atoms with Gasteiger partial charge in [0.2, 0.25) is 5.91 Å². The first-order valence-electron chi connectivity index (χ1n) is 11.7. The van der Waals surface area contributed by atoms with Crippen LogP contribution in [0, 0.1) is 5.92 Å². The number of nitrogens with zero attached hydrogens (tertiary/aromatic N) is 1. The van der Waals surface area contributed by atoms with Gasteiger partial charge in [-0.1, -0.05) is 44.5 Å². The summed E-state index contributed by atoms with van der Waals surface area (Å²) in [5.41, 5.74) is 8.45. The number of nitrogens with one attached hydrogen (secondary N) is 2. The lowest BCUT2D eigenvalue weighted by atomic mass is 9.91. The number of benzene rings is 1. The van der Waals surface area contributed by atoms with Gasteiger partial charge in [-0.05, 0) is 41.9 Å². The Bertz CT molecular complexity index is 767. The van der Waals surface area contributed by atoms with Gasteiger partial charge in [-0.25, -0.2) is 4.79 Å². The number of thioether (sulfide) groups is 1. The van der Waals surface area contributed by atoms with Crippen molar-refractivity contribution in [2.45, 2.75) is 63.8 Å². The summed E-state index contributed by atoms with van der Waals surface area (Å²) < 4.78 is 0. The molecule has 7 nitrogen and oxygen atoms in total. The quantitative estimate of drug-likeness (QED) is 0.251. The second kappa shape index (κ2) is 14.2. The summed E-state index contributed by atoms with van der Waals surface area (Å²) in [5.74, 6) is 0.480. The minimum absolute atomic E-state index is 0.0335. The second-order valence-electron chi connectivity index (χ2n) is 8.94. The van der Waals surface area contributed by atoms with E-state index in [4.69, 9.17) is 5.73 Å². The SMILES string of the molecule is CC[C@H](C)[C@@H](CN1Cc2ccccc2CC1C(=O)N[C@@H](CCSC)C(=O)O)NC[C@@H](N)CS. The first-order chi connectivity index (χ1) is 15.8. The average molecular weight is 497 g/mol.